The van der Waals surface area contributed by atoms with Gasteiger partial charge in [-0.15, -0.1) is 0 Å². The van der Waals surface area contributed by atoms with Crippen molar-refractivity contribution in [3.05, 3.63) is 39.4 Å². The summed E-state index contributed by atoms with van der Waals surface area (Å²) < 4.78 is 0. The van der Waals surface area contributed by atoms with Gasteiger partial charge in [0.1, 0.15) is 5.56 Å². The molecule has 0 saturated carbocycles. The summed E-state index contributed by atoms with van der Waals surface area (Å²) in [5, 5.41) is 16.9. The number of nitrogens with zero attached hydrogens (tertiary/aromatic N) is 1. The number of hydrogen-bond acceptors (Lipinski definition) is 4. The molecule has 1 aromatic rings. The molecule has 104 valence electrons. The van der Waals surface area contributed by atoms with Gasteiger partial charge in [-0.25, -0.2) is 0 Å². The second-order valence-electron chi connectivity index (χ2n) is 4.40. The molecule has 6 nitrogen and oxygen atoms in total. The number of nitrogens with one attached hydrogen (secondary N) is 2. The minimum atomic E-state index is -0.516. The molecule has 0 spiro atoms. The summed E-state index contributed by atoms with van der Waals surface area (Å²) in [6.07, 6.45) is 0. The van der Waals surface area contributed by atoms with E-state index >= 15 is 0 Å². The zero-order chi connectivity index (χ0) is 14.4. The molecule has 19 heavy (non-hydrogen) atoms. The molecular weight excluding hydrogens is 246 g/mol. The molecule has 6 heteroatoms. The van der Waals surface area contributed by atoms with Gasteiger partial charge < -0.3 is 10.6 Å². The maximum Gasteiger partial charge on any atom is 0.285 e. The van der Waals surface area contributed by atoms with Gasteiger partial charge in [-0.2, -0.15) is 0 Å². The van der Waals surface area contributed by atoms with E-state index in [1.165, 1.54) is 6.07 Å². The van der Waals surface area contributed by atoms with Crippen LogP contribution in [0.3, 0.4) is 0 Å². The summed E-state index contributed by atoms with van der Waals surface area (Å²) >= 11 is 0. The van der Waals surface area contributed by atoms with Crippen LogP contribution in [-0.2, 0) is 0 Å². The largest absolute Gasteiger partial charge is 0.350 e. The van der Waals surface area contributed by atoms with Crippen LogP contribution in [0.15, 0.2) is 18.2 Å². The molecule has 2 N–H and O–H groups in total. The summed E-state index contributed by atoms with van der Waals surface area (Å²) in [4.78, 5) is 22.5. The van der Waals surface area contributed by atoms with Crippen molar-refractivity contribution in [2.24, 2.45) is 0 Å². The van der Waals surface area contributed by atoms with E-state index in [9.17, 15) is 14.9 Å². The van der Waals surface area contributed by atoms with Crippen LogP contribution in [0.5, 0.6) is 0 Å². The van der Waals surface area contributed by atoms with E-state index in [-0.39, 0.29) is 17.3 Å². The highest BCUT2D eigenvalue weighted by Gasteiger charge is 2.22. The van der Waals surface area contributed by atoms with Crippen molar-refractivity contribution in [1.29, 1.82) is 0 Å². The average Bonchev–Trinajstić information content (AvgIpc) is 2.35. The SMILES string of the molecule is CCN[C@H](C)CNC(=O)c1cccc(C)c1[N+](=O)[O-]. The van der Waals surface area contributed by atoms with Crippen LogP contribution in [0.25, 0.3) is 0 Å². The molecule has 0 bridgehead atoms. The number of carbonyl (C=O) groups excluding carboxylic acids is 1. The number of nitro groups is 1. The highest BCUT2D eigenvalue weighted by Crippen LogP contribution is 2.22. The van der Waals surface area contributed by atoms with Crippen LogP contribution in [0.2, 0.25) is 0 Å². The molecule has 0 aliphatic heterocycles. The van der Waals surface area contributed by atoms with Gasteiger partial charge in [-0.05, 0) is 26.5 Å². The zero-order valence-corrected chi connectivity index (χ0v) is 11.4. The summed E-state index contributed by atoms with van der Waals surface area (Å²) in [5.41, 5.74) is 0.460. The highest BCUT2D eigenvalue weighted by molar-refractivity contribution is 5.98. The predicted molar refractivity (Wildman–Crippen MR) is 73.3 cm³/mol. The number of amides is 1. The highest BCUT2D eigenvalue weighted by atomic mass is 16.6. The van der Waals surface area contributed by atoms with Crippen LogP contribution < -0.4 is 10.6 Å². The van der Waals surface area contributed by atoms with Crippen LogP contribution in [0.1, 0.15) is 29.8 Å². The molecule has 0 fully saturated rings. The van der Waals surface area contributed by atoms with Gasteiger partial charge in [0.2, 0.25) is 0 Å². The van der Waals surface area contributed by atoms with E-state index < -0.39 is 10.8 Å². The molecule has 0 aromatic heterocycles. The Kier molecular flexibility index (Phi) is 5.44. The molecular formula is C13H19N3O3. The minimum Gasteiger partial charge on any atom is -0.350 e. The molecule has 0 heterocycles. The van der Waals surface area contributed by atoms with E-state index in [0.717, 1.165) is 6.54 Å². The number of nitro benzene ring substituents is 1. The Labute approximate surface area is 112 Å². The van der Waals surface area contributed by atoms with Crippen LogP contribution in [0.4, 0.5) is 5.69 Å². The number of para-hydroxylation sites is 1. The lowest BCUT2D eigenvalue weighted by molar-refractivity contribution is -0.385. The first kappa shape index (κ1) is 15.1. The van der Waals surface area contributed by atoms with E-state index in [2.05, 4.69) is 10.6 Å². The summed E-state index contributed by atoms with van der Waals surface area (Å²) in [6, 6.07) is 4.86. The third-order valence-electron chi connectivity index (χ3n) is 2.79. The lowest BCUT2D eigenvalue weighted by atomic mass is 10.1. The molecule has 1 rings (SSSR count). The molecule has 0 aliphatic carbocycles. The fourth-order valence-electron chi connectivity index (χ4n) is 1.85. The first-order valence-corrected chi connectivity index (χ1v) is 6.23. The van der Waals surface area contributed by atoms with Crippen molar-refractivity contribution in [2.45, 2.75) is 26.8 Å². The summed E-state index contributed by atoms with van der Waals surface area (Å²) in [5.74, 6) is -0.417. The van der Waals surface area contributed by atoms with Gasteiger partial charge in [-0.3, -0.25) is 14.9 Å². The van der Waals surface area contributed by atoms with Crippen LogP contribution >= 0.6 is 0 Å². The Balaban J connectivity index is 2.83. The van der Waals surface area contributed by atoms with E-state index in [0.29, 0.717) is 12.1 Å². The van der Waals surface area contributed by atoms with Crippen LogP contribution in [0, 0.1) is 17.0 Å². The monoisotopic (exact) mass is 265 g/mol. The Morgan fingerprint density at radius 2 is 2.16 bits per heavy atom. The summed E-state index contributed by atoms with van der Waals surface area (Å²) in [6.45, 7) is 6.77. The van der Waals surface area contributed by atoms with Gasteiger partial charge >= 0.3 is 0 Å². The second-order valence-corrected chi connectivity index (χ2v) is 4.40. The molecule has 1 aromatic carbocycles. The normalized spacial score (nSPS) is 11.9. The van der Waals surface area contributed by atoms with E-state index in [1.807, 2.05) is 13.8 Å². The number of likely N-dealkylation sites (N-methyl/N-ethyl adjacent to an activating group) is 1. The van der Waals surface area contributed by atoms with Gasteiger partial charge in [0.15, 0.2) is 0 Å². The second kappa shape index (κ2) is 6.84. The van der Waals surface area contributed by atoms with Crippen molar-refractivity contribution in [3.8, 4) is 0 Å². The number of benzene rings is 1. The molecule has 1 atom stereocenters. The number of aryl methyl sites for hydroxylation is 1. The smallest absolute Gasteiger partial charge is 0.285 e. The van der Waals surface area contributed by atoms with Crippen molar-refractivity contribution in [2.75, 3.05) is 13.1 Å². The Hall–Kier alpha value is -1.95. The van der Waals surface area contributed by atoms with E-state index in [4.69, 9.17) is 0 Å². The first-order chi connectivity index (χ1) is 8.97. The lowest BCUT2D eigenvalue weighted by Gasteiger charge is -2.13. The molecule has 0 radical (unpaired) electrons. The fraction of sp³-hybridized carbons (Fsp3) is 0.462. The zero-order valence-electron chi connectivity index (χ0n) is 11.4. The van der Waals surface area contributed by atoms with Crippen molar-refractivity contribution in [3.63, 3.8) is 0 Å². The van der Waals surface area contributed by atoms with Gasteiger partial charge in [0, 0.05) is 18.2 Å². The average molecular weight is 265 g/mol. The lowest BCUT2D eigenvalue weighted by Crippen LogP contribution is -2.39. The molecule has 0 saturated heterocycles. The van der Waals surface area contributed by atoms with Gasteiger partial charge in [-0.1, -0.05) is 19.1 Å². The quantitative estimate of drug-likeness (QED) is 0.605. The number of carbonyl (C=O) groups is 1. The molecule has 1 amide bonds. The third kappa shape index (κ3) is 4.03. The predicted octanol–water partition coefficient (Wildman–Crippen LogP) is 1.63. The number of hydrogen-bond donors (Lipinski definition) is 2. The Bertz CT molecular complexity index is 474. The topological polar surface area (TPSA) is 84.3 Å². The minimum absolute atomic E-state index is 0.105. The molecule has 0 unspecified atom stereocenters. The maximum atomic E-state index is 12.0. The Morgan fingerprint density at radius 1 is 1.47 bits per heavy atom. The fourth-order valence-corrected chi connectivity index (χ4v) is 1.85. The number of rotatable bonds is 6. The van der Waals surface area contributed by atoms with Crippen molar-refractivity contribution < 1.29 is 9.72 Å². The Morgan fingerprint density at radius 3 is 2.74 bits per heavy atom. The van der Waals surface area contributed by atoms with Crippen molar-refractivity contribution in [1.82, 2.24) is 10.6 Å². The summed E-state index contributed by atoms with van der Waals surface area (Å²) in [7, 11) is 0. The first-order valence-electron chi connectivity index (χ1n) is 6.23. The molecule has 0 aliphatic rings. The maximum absolute atomic E-state index is 12.0. The van der Waals surface area contributed by atoms with Crippen LogP contribution in [-0.4, -0.2) is 30.0 Å². The third-order valence-corrected chi connectivity index (χ3v) is 2.79. The van der Waals surface area contributed by atoms with E-state index in [1.54, 1.807) is 19.1 Å². The standard InChI is InChI=1S/C13H19N3O3/c1-4-14-10(3)8-15-13(17)11-7-5-6-9(2)12(11)16(18)19/h5-7,10,14H,4,8H2,1-3H3,(H,15,17)/t10-/m1/s1. The van der Waals surface area contributed by atoms with Gasteiger partial charge in [0.05, 0.1) is 4.92 Å². The van der Waals surface area contributed by atoms with Crippen molar-refractivity contribution >= 4 is 11.6 Å². The van der Waals surface area contributed by atoms with Gasteiger partial charge in [0.25, 0.3) is 11.6 Å².